The highest BCUT2D eigenvalue weighted by atomic mass is 32.1. The first-order valence-corrected chi connectivity index (χ1v) is 4.01. The molecule has 2 heteroatoms. The van der Waals surface area contributed by atoms with Crippen molar-refractivity contribution < 1.29 is 0 Å². The van der Waals surface area contributed by atoms with E-state index in [2.05, 4.69) is 56.9 Å². The van der Waals surface area contributed by atoms with Crippen LogP contribution < -0.4 is 5.14 Å². The van der Waals surface area contributed by atoms with Gasteiger partial charge in [-0.2, -0.15) is 0 Å². The standard InChI is InChI=1S/C9H12.H3NS/c1-7-4-8(2)6-9(3)5-7;1-2/h4-6H,1-3H3;2H,1H2. The van der Waals surface area contributed by atoms with Crippen LogP contribution in [0.25, 0.3) is 0 Å². The second-order valence-corrected chi connectivity index (χ2v) is 2.67. The van der Waals surface area contributed by atoms with Crippen molar-refractivity contribution in [3.63, 3.8) is 0 Å². The van der Waals surface area contributed by atoms with Gasteiger partial charge in [0.2, 0.25) is 0 Å². The molecule has 1 aromatic rings. The van der Waals surface area contributed by atoms with Gasteiger partial charge in [-0.25, -0.2) is 0 Å². The zero-order valence-electron chi connectivity index (χ0n) is 7.26. The fourth-order valence-corrected chi connectivity index (χ4v) is 1.20. The van der Waals surface area contributed by atoms with Gasteiger partial charge in [0, 0.05) is 0 Å². The molecule has 0 amide bonds. The molecule has 62 valence electrons. The summed E-state index contributed by atoms with van der Waals surface area (Å²) < 4.78 is 0. The highest BCUT2D eigenvalue weighted by molar-refractivity contribution is 7.77. The number of hydrogen-bond donors (Lipinski definition) is 2. The molecule has 1 nitrogen and oxygen atoms in total. The van der Waals surface area contributed by atoms with Crippen LogP contribution in [0.5, 0.6) is 0 Å². The molecule has 11 heavy (non-hydrogen) atoms. The third-order valence-electron chi connectivity index (χ3n) is 1.37. The van der Waals surface area contributed by atoms with E-state index < -0.39 is 0 Å². The molecule has 0 aliphatic rings. The van der Waals surface area contributed by atoms with Crippen molar-refractivity contribution in [1.82, 2.24) is 0 Å². The summed E-state index contributed by atoms with van der Waals surface area (Å²) in [6.45, 7) is 6.38. The first-order chi connectivity index (χ1) is 5.18. The minimum atomic E-state index is 1.35. The Morgan fingerprint density at radius 1 is 0.818 bits per heavy atom. The van der Waals surface area contributed by atoms with E-state index in [0.717, 1.165) is 0 Å². The normalized spacial score (nSPS) is 8.45. The molecule has 0 atom stereocenters. The Kier molecular flexibility index (Phi) is 4.99. The first kappa shape index (κ1) is 10.5. The Labute approximate surface area is 74.2 Å². The molecular weight excluding hydrogens is 154 g/mol. The molecule has 0 aliphatic heterocycles. The van der Waals surface area contributed by atoms with Crippen LogP contribution in [-0.2, 0) is 0 Å². The molecule has 1 aromatic carbocycles. The molecule has 0 unspecified atom stereocenters. The highest BCUT2D eigenvalue weighted by Gasteiger charge is 1.87. The average molecular weight is 169 g/mol. The van der Waals surface area contributed by atoms with Crippen molar-refractivity contribution in [3.05, 3.63) is 34.9 Å². The van der Waals surface area contributed by atoms with E-state index in [1.54, 1.807) is 0 Å². The zero-order chi connectivity index (χ0) is 8.85. The van der Waals surface area contributed by atoms with Crippen LogP contribution >= 0.6 is 12.8 Å². The summed E-state index contributed by atoms with van der Waals surface area (Å²) in [5.41, 5.74) is 4.06. The van der Waals surface area contributed by atoms with Crippen LogP contribution in [0.2, 0.25) is 0 Å². The summed E-state index contributed by atoms with van der Waals surface area (Å²) in [4.78, 5) is 0. The summed E-state index contributed by atoms with van der Waals surface area (Å²) in [7, 11) is 0. The van der Waals surface area contributed by atoms with Crippen LogP contribution in [0.1, 0.15) is 16.7 Å². The second-order valence-electron chi connectivity index (χ2n) is 2.67. The van der Waals surface area contributed by atoms with Gasteiger partial charge >= 0.3 is 0 Å². The predicted octanol–water partition coefficient (Wildman–Crippen LogP) is 2.40. The van der Waals surface area contributed by atoms with E-state index in [-0.39, 0.29) is 0 Å². The number of thiol groups is 1. The molecule has 0 saturated carbocycles. The number of rotatable bonds is 0. The Morgan fingerprint density at radius 2 is 1.00 bits per heavy atom. The van der Waals surface area contributed by atoms with Gasteiger partial charge in [-0.3, -0.25) is 5.14 Å². The highest BCUT2D eigenvalue weighted by Crippen LogP contribution is 2.06. The van der Waals surface area contributed by atoms with Gasteiger partial charge in [0.05, 0.1) is 0 Å². The van der Waals surface area contributed by atoms with Gasteiger partial charge in [-0.15, -0.1) is 12.8 Å². The number of hydrogen-bond acceptors (Lipinski definition) is 2. The topological polar surface area (TPSA) is 26.0 Å². The van der Waals surface area contributed by atoms with E-state index in [1.807, 2.05) is 0 Å². The summed E-state index contributed by atoms with van der Waals surface area (Å²) in [6, 6.07) is 6.56. The number of aryl methyl sites for hydroxylation is 3. The van der Waals surface area contributed by atoms with Crippen molar-refractivity contribution in [2.45, 2.75) is 20.8 Å². The van der Waals surface area contributed by atoms with E-state index >= 15 is 0 Å². The van der Waals surface area contributed by atoms with Gasteiger partial charge in [-0.1, -0.05) is 34.9 Å². The van der Waals surface area contributed by atoms with Crippen LogP contribution in [0.4, 0.5) is 0 Å². The Morgan fingerprint density at radius 3 is 1.18 bits per heavy atom. The van der Waals surface area contributed by atoms with Crippen LogP contribution in [0, 0.1) is 20.8 Å². The lowest BCUT2D eigenvalue weighted by molar-refractivity contribution is 1.32. The molecule has 0 spiro atoms. The average Bonchev–Trinajstić information content (AvgIpc) is 1.88. The maximum atomic E-state index is 4.19. The van der Waals surface area contributed by atoms with Crippen molar-refractivity contribution in [1.29, 1.82) is 0 Å². The molecule has 0 radical (unpaired) electrons. The Hall–Kier alpha value is -0.470. The van der Waals surface area contributed by atoms with Gasteiger partial charge in [0.1, 0.15) is 0 Å². The van der Waals surface area contributed by atoms with Gasteiger partial charge in [0.15, 0.2) is 0 Å². The van der Waals surface area contributed by atoms with E-state index in [4.69, 9.17) is 0 Å². The molecular formula is C9H15NS. The van der Waals surface area contributed by atoms with E-state index in [9.17, 15) is 0 Å². The largest absolute Gasteiger partial charge is 0.281 e. The molecule has 0 saturated heterocycles. The minimum Gasteiger partial charge on any atom is -0.281 e. The molecule has 0 aromatic heterocycles. The summed E-state index contributed by atoms with van der Waals surface area (Å²) in [5.74, 6) is 0. The summed E-state index contributed by atoms with van der Waals surface area (Å²) in [6.07, 6.45) is 0. The lowest BCUT2D eigenvalue weighted by atomic mass is 10.1. The smallest absolute Gasteiger partial charge is 0.0398 e. The molecule has 2 N–H and O–H groups in total. The van der Waals surface area contributed by atoms with E-state index in [0.29, 0.717) is 0 Å². The second kappa shape index (κ2) is 5.22. The quantitative estimate of drug-likeness (QED) is 0.573. The molecule has 0 heterocycles. The molecule has 1 rings (SSSR count). The minimum absolute atomic E-state index is 1.35. The van der Waals surface area contributed by atoms with E-state index in [1.165, 1.54) is 16.7 Å². The third-order valence-corrected chi connectivity index (χ3v) is 1.37. The fraction of sp³-hybridized carbons (Fsp3) is 0.333. The SMILES string of the molecule is Cc1cc(C)cc(C)c1.NS. The summed E-state index contributed by atoms with van der Waals surface area (Å²) >= 11 is 3.03. The first-order valence-electron chi connectivity index (χ1n) is 3.49. The maximum Gasteiger partial charge on any atom is -0.0398 e. The van der Waals surface area contributed by atoms with Gasteiger partial charge in [-0.05, 0) is 20.8 Å². The fourth-order valence-electron chi connectivity index (χ4n) is 1.20. The van der Waals surface area contributed by atoms with Crippen LogP contribution in [0.3, 0.4) is 0 Å². The maximum absolute atomic E-state index is 4.19. The molecule has 0 aliphatic carbocycles. The Balaban J connectivity index is 0.000000461. The summed E-state index contributed by atoms with van der Waals surface area (Å²) in [5, 5.41) is 4.19. The van der Waals surface area contributed by atoms with Gasteiger partial charge in [0.25, 0.3) is 0 Å². The lowest BCUT2D eigenvalue weighted by Gasteiger charge is -1.96. The lowest BCUT2D eigenvalue weighted by Crippen LogP contribution is -1.78. The van der Waals surface area contributed by atoms with Crippen LogP contribution in [-0.4, -0.2) is 0 Å². The monoisotopic (exact) mass is 169 g/mol. The molecule has 0 bridgehead atoms. The molecule has 0 fully saturated rings. The third kappa shape index (κ3) is 4.06. The number of nitrogens with two attached hydrogens (primary N) is 1. The van der Waals surface area contributed by atoms with Gasteiger partial charge < -0.3 is 0 Å². The van der Waals surface area contributed by atoms with Crippen molar-refractivity contribution in [3.8, 4) is 0 Å². The zero-order valence-corrected chi connectivity index (χ0v) is 8.15. The number of benzene rings is 1. The predicted molar refractivity (Wildman–Crippen MR) is 53.8 cm³/mol. The van der Waals surface area contributed by atoms with Crippen molar-refractivity contribution in [2.75, 3.05) is 0 Å². The van der Waals surface area contributed by atoms with Crippen LogP contribution in [0.15, 0.2) is 18.2 Å². The Bertz CT molecular complexity index is 170. The van der Waals surface area contributed by atoms with Crippen molar-refractivity contribution in [2.24, 2.45) is 5.14 Å². The van der Waals surface area contributed by atoms with Crippen molar-refractivity contribution >= 4 is 12.8 Å².